The van der Waals surface area contributed by atoms with Gasteiger partial charge in [-0.15, -0.1) is 0 Å². The summed E-state index contributed by atoms with van der Waals surface area (Å²) in [5.41, 5.74) is 0.645. The topological polar surface area (TPSA) is 21.3 Å². The Bertz CT molecular complexity index is 437. The fourth-order valence-electron chi connectivity index (χ4n) is 2.23. The summed E-state index contributed by atoms with van der Waals surface area (Å²) in [6.07, 6.45) is 1.79. The maximum Gasteiger partial charge on any atom is 0.126 e. The lowest BCUT2D eigenvalue weighted by Gasteiger charge is -2.29. The van der Waals surface area contributed by atoms with Crippen molar-refractivity contribution in [2.24, 2.45) is 0 Å². The van der Waals surface area contributed by atoms with Crippen molar-refractivity contribution in [1.29, 1.82) is 0 Å². The first-order valence-electron chi connectivity index (χ1n) is 7.69. The van der Waals surface area contributed by atoms with Gasteiger partial charge in [-0.05, 0) is 65.0 Å². The average molecular weight is 295 g/mol. The smallest absolute Gasteiger partial charge is 0.126 e. The highest BCUT2D eigenvalue weighted by Crippen LogP contribution is 2.28. The van der Waals surface area contributed by atoms with Gasteiger partial charge in [0.1, 0.15) is 5.82 Å². The minimum atomic E-state index is -0.175. The van der Waals surface area contributed by atoms with Gasteiger partial charge in [0.05, 0.1) is 5.60 Å². The van der Waals surface area contributed by atoms with Gasteiger partial charge in [0.15, 0.2) is 0 Å². The second-order valence-electron chi connectivity index (χ2n) is 7.35. The van der Waals surface area contributed by atoms with Gasteiger partial charge in [0.2, 0.25) is 0 Å². The van der Waals surface area contributed by atoms with Crippen molar-refractivity contribution >= 4 is 0 Å². The molecule has 1 rings (SSSR count). The number of hydrogen-bond donors (Lipinski definition) is 1. The summed E-state index contributed by atoms with van der Waals surface area (Å²) < 4.78 is 19.6. The number of benzene rings is 1. The Balaban J connectivity index is 2.83. The molecule has 2 nitrogen and oxygen atoms in total. The minimum Gasteiger partial charge on any atom is -0.379 e. The fourth-order valence-corrected chi connectivity index (χ4v) is 2.23. The Morgan fingerprint density at radius 2 is 1.76 bits per heavy atom. The number of ether oxygens (including phenoxy) is 1. The molecule has 0 spiro atoms. The summed E-state index contributed by atoms with van der Waals surface area (Å²) in [4.78, 5) is 0. The number of rotatable bonds is 7. The molecule has 0 aliphatic carbocycles. The van der Waals surface area contributed by atoms with Crippen molar-refractivity contribution < 1.29 is 9.13 Å². The molecular formula is C18H30FNO. The highest BCUT2D eigenvalue weighted by Gasteiger charge is 2.23. The lowest BCUT2D eigenvalue weighted by molar-refractivity contribution is 0.0122. The van der Waals surface area contributed by atoms with E-state index in [4.69, 9.17) is 4.74 Å². The lowest BCUT2D eigenvalue weighted by atomic mass is 9.88. The third-order valence-corrected chi connectivity index (χ3v) is 3.87. The summed E-state index contributed by atoms with van der Waals surface area (Å²) in [5, 5.41) is 3.49. The predicted molar refractivity (Wildman–Crippen MR) is 87.2 cm³/mol. The van der Waals surface area contributed by atoms with Crippen molar-refractivity contribution in [3.05, 3.63) is 35.6 Å². The van der Waals surface area contributed by atoms with Crippen molar-refractivity contribution in [2.75, 3.05) is 13.7 Å². The SMILES string of the molecule is COC(C)(C)CCC(CNC(C)(C)C)c1ccccc1F. The quantitative estimate of drug-likeness (QED) is 0.799. The van der Waals surface area contributed by atoms with E-state index >= 15 is 0 Å². The zero-order valence-corrected chi connectivity index (χ0v) is 14.3. The molecule has 1 aromatic carbocycles. The Morgan fingerprint density at radius 1 is 1.14 bits per heavy atom. The number of hydrogen-bond acceptors (Lipinski definition) is 2. The second kappa shape index (κ2) is 7.37. The molecule has 0 heterocycles. The maximum atomic E-state index is 14.1. The highest BCUT2D eigenvalue weighted by molar-refractivity contribution is 5.22. The lowest BCUT2D eigenvalue weighted by Crippen LogP contribution is -2.39. The van der Waals surface area contributed by atoms with Crippen LogP contribution >= 0.6 is 0 Å². The standard InChI is InChI=1S/C18H30FNO/c1-17(2,3)20-13-14(11-12-18(4,5)21-6)15-9-7-8-10-16(15)19/h7-10,14,20H,11-13H2,1-6H3. The van der Waals surface area contributed by atoms with Gasteiger partial charge < -0.3 is 10.1 Å². The van der Waals surface area contributed by atoms with Gasteiger partial charge in [-0.1, -0.05) is 18.2 Å². The van der Waals surface area contributed by atoms with Gasteiger partial charge in [-0.25, -0.2) is 4.39 Å². The van der Waals surface area contributed by atoms with Crippen LogP contribution < -0.4 is 5.32 Å². The summed E-state index contributed by atoms with van der Waals surface area (Å²) in [5.74, 6) is 0.0354. The molecule has 1 aromatic rings. The third kappa shape index (κ3) is 6.58. The van der Waals surface area contributed by atoms with Crippen LogP contribution in [0.4, 0.5) is 4.39 Å². The largest absolute Gasteiger partial charge is 0.379 e. The monoisotopic (exact) mass is 295 g/mol. The van der Waals surface area contributed by atoms with E-state index in [0.717, 1.165) is 24.9 Å². The molecule has 120 valence electrons. The van der Waals surface area contributed by atoms with Crippen LogP contribution in [0, 0.1) is 5.82 Å². The fraction of sp³-hybridized carbons (Fsp3) is 0.667. The van der Waals surface area contributed by atoms with Gasteiger partial charge in [0, 0.05) is 19.2 Å². The molecule has 0 radical (unpaired) electrons. The summed E-state index contributed by atoms with van der Waals surface area (Å²) >= 11 is 0. The van der Waals surface area contributed by atoms with Gasteiger partial charge >= 0.3 is 0 Å². The molecule has 1 unspecified atom stereocenters. The third-order valence-electron chi connectivity index (χ3n) is 3.87. The van der Waals surface area contributed by atoms with E-state index in [-0.39, 0.29) is 22.9 Å². The van der Waals surface area contributed by atoms with Crippen LogP contribution in [-0.4, -0.2) is 24.8 Å². The summed E-state index contributed by atoms with van der Waals surface area (Å²) in [7, 11) is 1.73. The zero-order valence-electron chi connectivity index (χ0n) is 14.3. The van der Waals surface area contributed by atoms with Crippen LogP contribution in [0.25, 0.3) is 0 Å². The first kappa shape index (κ1) is 18.1. The Morgan fingerprint density at radius 3 is 2.29 bits per heavy atom. The van der Waals surface area contributed by atoms with E-state index in [0.29, 0.717) is 0 Å². The Kier molecular flexibility index (Phi) is 6.36. The molecule has 0 saturated carbocycles. The van der Waals surface area contributed by atoms with Crippen LogP contribution in [0.3, 0.4) is 0 Å². The van der Waals surface area contributed by atoms with Gasteiger partial charge in [-0.3, -0.25) is 0 Å². The first-order valence-corrected chi connectivity index (χ1v) is 7.69. The van der Waals surface area contributed by atoms with E-state index in [9.17, 15) is 4.39 Å². The van der Waals surface area contributed by atoms with Gasteiger partial charge in [-0.2, -0.15) is 0 Å². The second-order valence-corrected chi connectivity index (χ2v) is 7.35. The molecule has 0 bridgehead atoms. The molecule has 0 amide bonds. The van der Waals surface area contributed by atoms with Crippen LogP contribution in [0.15, 0.2) is 24.3 Å². The highest BCUT2D eigenvalue weighted by atomic mass is 19.1. The van der Waals surface area contributed by atoms with E-state index in [1.54, 1.807) is 19.2 Å². The molecule has 0 aromatic heterocycles. The molecule has 1 atom stereocenters. The number of halogens is 1. The molecule has 0 aliphatic heterocycles. The molecule has 21 heavy (non-hydrogen) atoms. The van der Waals surface area contributed by atoms with E-state index in [1.165, 1.54) is 0 Å². The predicted octanol–water partition coefficient (Wildman–Crippen LogP) is 4.50. The van der Waals surface area contributed by atoms with Crippen molar-refractivity contribution in [1.82, 2.24) is 5.32 Å². The number of nitrogens with one attached hydrogen (secondary N) is 1. The zero-order chi connectivity index (χ0) is 16.1. The molecule has 0 saturated heterocycles. The molecule has 0 fully saturated rings. The van der Waals surface area contributed by atoms with Crippen molar-refractivity contribution in [3.8, 4) is 0 Å². The van der Waals surface area contributed by atoms with E-state index in [2.05, 4.69) is 39.9 Å². The Hall–Kier alpha value is -0.930. The minimum absolute atomic E-state index is 0.0281. The summed E-state index contributed by atoms with van der Waals surface area (Å²) in [6.45, 7) is 11.3. The van der Waals surface area contributed by atoms with E-state index in [1.807, 2.05) is 12.1 Å². The van der Waals surface area contributed by atoms with Crippen molar-refractivity contribution in [2.45, 2.75) is 64.5 Å². The van der Waals surface area contributed by atoms with Crippen LogP contribution in [-0.2, 0) is 4.74 Å². The molecular weight excluding hydrogens is 265 g/mol. The first-order chi connectivity index (χ1) is 9.64. The molecule has 0 aliphatic rings. The van der Waals surface area contributed by atoms with Gasteiger partial charge in [0.25, 0.3) is 0 Å². The van der Waals surface area contributed by atoms with Crippen LogP contribution in [0.2, 0.25) is 0 Å². The number of methoxy groups -OCH3 is 1. The van der Waals surface area contributed by atoms with E-state index < -0.39 is 0 Å². The normalized spacial score (nSPS) is 14.2. The summed E-state index contributed by atoms with van der Waals surface area (Å²) in [6, 6.07) is 7.08. The maximum absolute atomic E-state index is 14.1. The van der Waals surface area contributed by atoms with Crippen molar-refractivity contribution in [3.63, 3.8) is 0 Å². The molecule has 1 N–H and O–H groups in total. The molecule has 3 heteroatoms. The Labute approximate surface area is 129 Å². The van der Waals surface area contributed by atoms with Crippen LogP contribution in [0.5, 0.6) is 0 Å². The average Bonchev–Trinajstić information content (AvgIpc) is 2.39. The van der Waals surface area contributed by atoms with Crippen LogP contribution in [0.1, 0.15) is 58.9 Å².